The molecule has 0 amide bonds. The Morgan fingerprint density at radius 3 is 2.30 bits per heavy atom. The van der Waals surface area contributed by atoms with Crippen molar-refractivity contribution in [2.75, 3.05) is 51.8 Å². The van der Waals surface area contributed by atoms with Gasteiger partial charge in [0.2, 0.25) is 0 Å². The fraction of sp³-hybridized carbons (Fsp3) is 0.414. The number of methoxy groups -OCH3 is 2. The number of rotatable bonds is 9. The number of halogens is 2. The van der Waals surface area contributed by atoms with E-state index in [1.54, 1.807) is 29.9 Å². The van der Waals surface area contributed by atoms with Crippen LogP contribution in [-0.2, 0) is 22.6 Å². The summed E-state index contributed by atoms with van der Waals surface area (Å²) in [6.07, 6.45) is 1.44. The molecule has 1 aliphatic rings. The maximum absolute atomic E-state index is 13.4. The highest BCUT2D eigenvalue weighted by Gasteiger charge is 2.20. The lowest BCUT2D eigenvalue weighted by Crippen LogP contribution is -2.49. The van der Waals surface area contributed by atoms with Crippen LogP contribution < -0.4 is 20.9 Å². The van der Waals surface area contributed by atoms with Crippen molar-refractivity contribution in [3.63, 3.8) is 0 Å². The van der Waals surface area contributed by atoms with E-state index in [-0.39, 0.29) is 48.6 Å². The topological polar surface area (TPSA) is 86.0 Å². The van der Waals surface area contributed by atoms with Gasteiger partial charge in [-0.1, -0.05) is 30.2 Å². The molecule has 2 heterocycles. The predicted octanol–water partition coefficient (Wildman–Crippen LogP) is 3.18. The van der Waals surface area contributed by atoms with E-state index in [1.165, 1.54) is 11.7 Å². The van der Waals surface area contributed by atoms with Crippen molar-refractivity contribution in [1.82, 2.24) is 14.0 Å². The van der Waals surface area contributed by atoms with Crippen LogP contribution in [-0.4, -0.2) is 66.9 Å². The Morgan fingerprint density at radius 2 is 1.57 bits per heavy atom. The first kappa shape index (κ1) is 32.8. The number of ether oxygens (including phenoxy) is 2. The predicted molar refractivity (Wildman–Crippen MR) is 162 cm³/mol. The SMILES string of the molecule is COC(=O)CCCC#CCn1c(=O)n(CCN2CCN(c3ccccc3OC)CC2)c(=O)c2ccccc21.Cl.Cl. The third-order valence-electron chi connectivity index (χ3n) is 6.84. The van der Waals surface area contributed by atoms with Crippen molar-refractivity contribution >= 4 is 47.4 Å². The van der Waals surface area contributed by atoms with Gasteiger partial charge in [0.15, 0.2) is 0 Å². The summed E-state index contributed by atoms with van der Waals surface area (Å²) < 4.78 is 13.0. The number of hydrogen-bond acceptors (Lipinski definition) is 7. The van der Waals surface area contributed by atoms with E-state index in [1.807, 2.05) is 24.3 Å². The minimum atomic E-state index is -0.356. The highest BCUT2D eigenvalue weighted by molar-refractivity contribution is 5.85. The summed E-state index contributed by atoms with van der Waals surface area (Å²) in [7, 11) is 3.04. The number of carbonyl (C=O) groups excluding carboxylic acids is 1. The van der Waals surface area contributed by atoms with Gasteiger partial charge in [-0.05, 0) is 30.7 Å². The quantitative estimate of drug-likeness (QED) is 0.215. The molecule has 0 N–H and O–H groups in total. The van der Waals surface area contributed by atoms with E-state index >= 15 is 0 Å². The third-order valence-corrected chi connectivity index (χ3v) is 6.84. The molecule has 0 spiro atoms. The molecule has 40 heavy (non-hydrogen) atoms. The van der Waals surface area contributed by atoms with Crippen LogP contribution in [0.2, 0.25) is 0 Å². The zero-order valence-electron chi connectivity index (χ0n) is 22.8. The van der Waals surface area contributed by atoms with E-state index in [2.05, 4.69) is 32.4 Å². The average molecular weight is 592 g/mol. The van der Waals surface area contributed by atoms with Crippen molar-refractivity contribution < 1.29 is 14.3 Å². The van der Waals surface area contributed by atoms with E-state index in [4.69, 9.17) is 4.74 Å². The molecule has 1 aromatic heterocycles. The molecule has 0 atom stereocenters. The molecular formula is C29H36Cl2N4O5. The first-order valence-electron chi connectivity index (χ1n) is 12.9. The van der Waals surface area contributed by atoms with Gasteiger partial charge >= 0.3 is 11.7 Å². The molecule has 3 aromatic rings. The van der Waals surface area contributed by atoms with E-state index < -0.39 is 0 Å². The zero-order valence-corrected chi connectivity index (χ0v) is 24.5. The molecule has 11 heteroatoms. The van der Waals surface area contributed by atoms with Crippen molar-refractivity contribution in [2.45, 2.75) is 32.4 Å². The summed E-state index contributed by atoms with van der Waals surface area (Å²) in [5, 5.41) is 0.501. The monoisotopic (exact) mass is 590 g/mol. The van der Waals surface area contributed by atoms with Gasteiger partial charge in [-0.3, -0.25) is 23.6 Å². The average Bonchev–Trinajstić information content (AvgIpc) is 2.96. The third kappa shape index (κ3) is 7.81. The molecule has 1 fully saturated rings. The number of nitrogens with zero attached hydrogens (tertiary/aromatic N) is 4. The molecule has 2 aromatic carbocycles. The van der Waals surface area contributed by atoms with Crippen LogP contribution in [0.5, 0.6) is 5.75 Å². The summed E-state index contributed by atoms with van der Waals surface area (Å²) in [5.41, 5.74) is 1.02. The smallest absolute Gasteiger partial charge is 0.332 e. The number of esters is 1. The van der Waals surface area contributed by atoms with Crippen LogP contribution in [0.4, 0.5) is 5.69 Å². The molecule has 1 saturated heterocycles. The van der Waals surface area contributed by atoms with E-state index in [9.17, 15) is 14.4 Å². The maximum atomic E-state index is 13.4. The largest absolute Gasteiger partial charge is 0.495 e. The lowest BCUT2D eigenvalue weighted by Gasteiger charge is -2.36. The Labute approximate surface area is 246 Å². The van der Waals surface area contributed by atoms with Gasteiger partial charge in [0, 0.05) is 52.1 Å². The molecule has 216 valence electrons. The first-order chi connectivity index (χ1) is 18.5. The van der Waals surface area contributed by atoms with Gasteiger partial charge in [0.1, 0.15) is 5.75 Å². The number of benzene rings is 2. The van der Waals surface area contributed by atoms with Crippen LogP contribution in [0.1, 0.15) is 19.3 Å². The number of aromatic nitrogens is 2. The van der Waals surface area contributed by atoms with Gasteiger partial charge < -0.3 is 14.4 Å². The number of carbonyl (C=O) groups is 1. The molecule has 1 aliphatic heterocycles. The second-order valence-corrected chi connectivity index (χ2v) is 9.13. The standard InChI is InChI=1S/C29H34N4O5.2ClH/c1-37-26-14-9-8-13-25(26)31-20-17-30(18-21-31)19-22-33-28(35)23-11-6-7-12-24(23)32(29(33)36)16-10-4-3-5-15-27(34)38-2;;/h6-9,11-14H,3,5,15-22H2,1-2H3;2*1H. The van der Waals surface area contributed by atoms with Crippen molar-refractivity contribution in [2.24, 2.45) is 0 Å². The molecule has 0 radical (unpaired) electrons. The summed E-state index contributed by atoms with van der Waals surface area (Å²) in [4.78, 5) is 42.4. The fourth-order valence-corrected chi connectivity index (χ4v) is 4.71. The Kier molecular flexibility index (Phi) is 13.1. The Bertz CT molecular complexity index is 1450. The second-order valence-electron chi connectivity index (χ2n) is 9.13. The van der Waals surface area contributed by atoms with Crippen LogP contribution in [0.25, 0.3) is 10.9 Å². The second kappa shape index (κ2) is 16.0. The number of piperazine rings is 1. The zero-order chi connectivity index (χ0) is 26.9. The minimum Gasteiger partial charge on any atom is -0.495 e. The fourth-order valence-electron chi connectivity index (χ4n) is 4.71. The molecular weight excluding hydrogens is 555 g/mol. The van der Waals surface area contributed by atoms with Crippen molar-refractivity contribution in [3.8, 4) is 17.6 Å². The Hall–Kier alpha value is -3.45. The van der Waals surface area contributed by atoms with Crippen LogP contribution in [0, 0.1) is 11.8 Å². The molecule has 0 saturated carbocycles. The van der Waals surface area contributed by atoms with Crippen molar-refractivity contribution in [3.05, 3.63) is 69.4 Å². The van der Waals surface area contributed by atoms with E-state index in [0.717, 1.165) is 37.6 Å². The van der Waals surface area contributed by atoms with Gasteiger partial charge in [-0.15, -0.1) is 30.7 Å². The minimum absolute atomic E-state index is 0. The van der Waals surface area contributed by atoms with Crippen LogP contribution in [0.3, 0.4) is 0 Å². The highest BCUT2D eigenvalue weighted by atomic mass is 35.5. The first-order valence-corrected chi connectivity index (χ1v) is 12.9. The summed E-state index contributed by atoms with van der Waals surface area (Å²) in [6.45, 7) is 4.41. The van der Waals surface area contributed by atoms with Gasteiger partial charge in [0.25, 0.3) is 5.56 Å². The Morgan fingerprint density at radius 1 is 0.875 bits per heavy atom. The van der Waals surface area contributed by atoms with Gasteiger partial charge in [-0.25, -0.2) is 4.79 Å². The number of para-hydroxylation sites is 3. The molecule has 0 aliphatic carbocycles. The summed E-state index contributed by atoms with van der Waals surface area (Å²) in [6, 6.07) is 15.1. The maximum Gasteiger partial charge on any atom is 0.332 e. The highest BCUT2D eigenvalue weighted by Crippen LogP contribution is 2.28. The molecule has 0 bridgehead atoms. The van der Waals surface area contributed by atoms with Gasteiger partial charge in [-0.2, -0.15) is 0 Å². The molecule has 0 unspecified atom stereocenters. The van der Waals surface area contributed by atoms with Crippen molar-refractivity contribution in [1.29, 1.82) is 0 Å². The lowest BCUT2D eigenvalue weighted by atomic mass is 10.2. The van der Waals surface area contributed by atoms with E-state index in [0.29, 0.717) is 43.3 Å². The summed E-state index contributed by atoms with van der Waals surface area (Å²) in [5.74, 6) is 6.65. The number of anilines is 1. The molecule has 9 nitrogen and oxygen atoms in total. The number of fused-ring (bicyclic) bond motifs is 1. The lowest BCUT2D eigenvalue weighted by molar-refractivity contribution is -0.140. The number of unbranched alkanes of at least 4 members (excludes halogenated alkanes) is 1. The normalized spacial score (nSPS) is 13.0. The van der Waals surface area contributed by atoms with Gasteiger partial charge in [0.05, 0.1) is 37.4 Å². The van der Waals surface area contributed by atoms with Crippen LogP contribution in [0.15, 0.2) is 58.1 Å². The molecule has 4 rings (SSSR count). The number of hydrogen-bond donors (Lipinski definition) is 0. The van der Waals surface area contributed by atoms with Crippen LogP contribution >= 0.6 is 24.8 Å². The Balaban J connectivity index is 0.00000280. The summed E-state index contributed by atoms with van der Waals surface area (Å²) >= 11 is 0.